The number of imidazole rings is 2. The molecule has 3 aromatic heterocycles. The Hall–Kier alpha value is -3.12. The molecule has 3 N–H and O–H groups in total. The van der Waals surface area contributed by atoms with Gasteiger partial charge in [0.15, 0.2) is 23.5 Å². The van der Waals surface area contributed by atoms with Crippen LogP contribution in [0.1, 0.15) is 85.3 Å². The summed E-state index contributed by atoms with van der Waals surface area (Å²) in [4.78, 5) is 24.0. The molecule has 2 aliphatic rings. The highest BCUT2D eigenvalue weighted by Gasteiger charge is 2.48. The minimum absolute atomic E-state index is 0.115. The molecule has 1 aromatic carbocycles. The SMILES string of the molecule is CO[C@H](CN(C(C)C)[C@H]1C[C@H](CCc2nc3cc(C(C)(C)C)ccc3[nH]2)C1)[C@H]1OC(C)(C)O[C@H]1n1cnc2c(N)ncnc21. The quantitative estimate of drug-likeness (QED) is 0.245. The second-order valence-corrected chi connectivity index (χ2v) is 14.3. The zero-order valence-corrected chi connectivity index (χ0v) is 27.4. The topological polar surface area (TPSA) is 129 Å². The normalized spacial score (nSPS) is 24.5. The zero-order chi connectivity index (χ0) is 31.4. The Labute approximate surface area is 259 Å². The van der Waals surface area contributed by atoms with E-state index in [1.807, 2.05) is 18.4 Å². The molecule has 2 fully saturated rings. The van der Waals surface area contributed by atoms with Crippen LogP contribution in [0.5, 0.6) is 0 Å². The Morgan fingerprint density at radius 3 is 2.64 bits per heavy atom. The third kappa shape index (κ3) is 6.07. The van der Waals surface area contributed by atoms with Gasteiger partial charge in [-0.05, 0) is 76.0 Å². The molecule has 1 aliphatic carbocycles. The minimum atomic E-state index is -0.795. The number of nitrogens with zero attached hydrogens (tertiary/aromatic N) is 6. The number of rotatable bonds is 10. The van der Waals surface area contributed by atoms with Gasteiger partial charge in [0.05, 0.1) is 17.4 Å². The molecular weight excluding hydrogens is 556 g/mol. The number of benzene rings is 1. The predicted molar refractivity (Wildman–Crippen MR) is 171 cm³/mol. The number of ether oxygens (including phenoxy) is 3. The molecule has 1 saturated carbocycles. The Morgan fingerprint density at radius 2 is 1.93 bits per heavy atom. The number of aryl methyl sites for hydroxylation is 1. The smallest absolute Gasteiger partial charge is 0.169 e. The Balaban J connectivity index is 1.10. The Bertz CT molecular complexity index is 1600. The molecule has 3 atom stereocenters. The van der Waals surface area contributed by atoms with Gasteiger partial charge in [-0.1, -0.05) is 26.8 Å². The number of hydrogen-bond donors (Lipinski definition) is 2. The maximum atomic E-state index is 6.48. The van der Waals surface area contributed by atoms with Crippen LogP contribution in [0.3, 0.4) is 0 Å². The standard InChI is InChI=1S/C33H48N8O3/c1-19(2)40(22-13-20(14-22)9-12-26-38-23-11-10-21(32(3,4)5)15-24(23)39-26)16-25(42-8)28-31(44-33(6,7)43-28)41-18-37-27-29(34)35-17-36-30(27)41/h10-11,15,17-20,22,25,28,31H,9,12-14,16H2,1-8H3,(H,38,39)(H2,34,35,36)/t20-,22-,25-,28-,31-/m1/s1. The van der Waals surface area contributed by atoms with Crippen LogP contribution in [0, 0.1) is 5.92 Å². The summed E-state index contributed by atoms with van der Waals surface area (Å²) in [6.45, 7) is 15.8. The Kier molecular flexibility index (Phi) is 8.19. The second kappa shape index (κ2) is 11.7. The summed E-state index contributed by atoms with van der Waals surface area (Å²) in [7, 11) is 1.75. The largest absolute Gasteiger partial charge is 0.382 e. The molecule has 6 rings (SSSR count). The van der Waals surface area contributed by atoms with Gasteiger partial charge in [0, 0.05) is 32.2 Å². The zero-order valence-electron chi connectivity index (χ0n) is 27.4. The van der Waals surface area contributed by atoms with Gasteiger partial charge in [0.25, 0.3) is 0 Å². The summed E-state index contributed by atoms with van der Waals surface area (Å²) >= 11 is 0. The van der Waals surface area contributed by atoms with Crippen molar-refractivity contribution in [2.75, 3.05) is 19.4 Å². The number of aromatic nitrogens is 6. The van der Waals surface area contributed by atoms with Gasteiger partial charge in [0.2, 0.25) is 0 Å². The second-order valence-electron chi connectivity index (χ2n) is 14.3. The number of nitrogens with two attached hydrogens (primary N) is 1. The van der Waals surface area contributed by atoms with Crippen LogP contribution in [0.2, 0.25) is 0 Å². The fourth-order valence-electron chi connectivity index (χ4n) is 6.80. The first-order chi connectivity index (χ1) is 20.8. The van der Waals surface area contributed by atoms with Crippen molar-refractivity contribution in [3.05, 3.63) is 42.2 Å². The monoisotopic (exact) mass is 604 g/mol. The van der Waals surface area contributed by atoms with E-state index < -0.39 is 12.0 Å². The van der Waals surface area contributed by atoms with Crippen molar-refractivity contribution < 1.29 is 14.2 Å². The highest BCUT2D eigenvalue weighted by molar-refractivity contribution is 5.81. The third-order valence-corrected chi connectivity index (χ3v) is 9.36. The summed E-state index contributed by atoms with van der Waals surface area (Å²) in [6, 6.07) is 7.47. The first-order valence-corrected chi connectivity index (χ1v) is 15.9. The van der Waals surface area contributed by atoms with E-state index in [9.17, 15) is 0 Å². The maximum Gasteiger partial charge on any atom is 0.169 e. The summed E-state index contributed by atoms with van der Waals surface area (Å²) in [6.07, 6.45) is 6.52. The highest BCUT2D eigenvalue weighted by atomic mass is 16.8. The molecule has 4 aromatic rings. The van der Waals surface area contributed by atoms with Crippen LogP contribution in [0.25, 0.3) is 22.2 Å². The molecule has 1 aliphatic heterocycles. The predicted octanol–water partition coefficient (Wildman–Crippen LogP) is 5.37. The van der Waals surface area contributed by atoms with E-state index in [4.69, 9.17) is 24.9 Å². The lowest BCUT2D eigenvalue weighted by Crippen LogP contribution is -2.53. The van der Waals surface area contributed by atoms with Gasteiger partial charge in [0.1, 0.15) is 29.9 Å². The molecule has 0 spiro atoms. The van der Waals surface area contributed by atoms with Crippen molar-refractivity contribution in [3.63, 3.8) is 0 Å². The summed E-state index contributed by atoms with van der Waals surface area (Å²) in [5, 5.41) is 0. The minimum Gasteiger partial charge on any atom is -0.382 e. The van der Waals surface area contributed by atoms with Crippen molar-refractivity contribution >= 4 is 28.0 Å². The van der Waals surface area contributed by atoms with E-state index in [1.54, 1.807) is 13.4 Å². The lowest BCUT2D eigenvalue weighted by atomic mass is 9.76. The molecular formula is C33H48N8O3. The van der Waals surface area contributed by atoms with Crippen LogP contribution < -0.4 is 5.73 Å². The molecule has 11 nitrogen and oxygen atoms in total. The molecule has 0 radical (unpaired) electrons. The van der Waals surface area contributed by atoms with E-state index in [0.29, 0.717) is 35.0 Å². The summed E-state index contributed by atoms with van der Waals surface area (Å²) in [5.74, 6) is 1.31. The van der Waals surface area contributed by atoms with Gasteiger partial charge >= 0.3 is 0 Å². The van der Waals surface area contributed by atoms with Gasteiger partial charge in [-0.2, -0.15) is 0 Å². The summed E-state index contributed by atoms with van der Waals surface area (Å²) in [5.41, 5.74) is 10.8. The lowest BCUT2D eigenvalue weighted by Gasteiger charge is -2.46. The van der Waals surface area contributed by atoms with Crippen molar-refractivity contribution in [2.45, 2.75) is 116 Å². The number of H-pyrrole nitrogens is 1. The molecule has 0 unspecified atom stereocenters. The molecule has 238 valence electrons. The average molecular weight is 605 g/mol. The fourth-order valence-corrected chi connectivity index (χ4v) is 6.80. The number of methoxy groups -OCH3 is 1. The average Bonchev–Trinajstić information content (AvgIpc) is 3.63. The van der Waals surface area contributed by atoms with Gasteiger partial charge in [-0.3, -0.25) is 9.47 Å². The molecule has 1 saturated heterocycles. The van der Waals surface area contributed by atoms with Crippen LogP contribution in [-0.4, -0.2) is 78.1 Å². The first kappa shape index (κ1) is 30.9. The summed E-state index contributed by atoms with van der Waals surface area (Å²) < 4.78 is 20.9. The number of nitrogens with one attached hydrogen (secondary N) is 1. The molecule has 4 heterocycles. The van der Waals surface area contributed by atoms with E-state index >= 15 is 0 Å². The van der Waals surface area contributed by atoms with E-state index in [-0.39, 0.29) is 17.6 Å². The molecule has 44 heavy (non-hydrogen) atoms. The highest BCUT2D eigenvalue weighted by Crippen LogP contribution is 2.41. The van der Waals surface area contributed by atoms with Crippen LogP contribution in [0.15, 0.2) is 30.9 Å². The first-order valence-electron chi connectivity index (χ1n) is 15.9. The van der Waals surface area contributed by atoms with Crippen LogP contribution in [-0.2, 0) is 26.0 Å². The van der Waals surface area contributed by atoms with Crippen molar-refractivity contribution in [3.8, 4) is 0 Å². The number of anilines is 1. The van der Waals surface area contributed by atoms with E-state index in [2.05, 4.69) is 77.7 Å². The van der Waals surface area contributed by atoms with Crippen LogP contribution >= 0.6 is 0 Å². The Morgan fingerprint density at radius 1 is 1.16 bits per heavy atom. The number of nitrogen functional groups attached to an aromatic ring is 1. The van der Waals surface area contributed by atoms with E-state index in [1.165, 1.54) is 24.7 Å². The molecule has 0 bridgehead atoms. The van der Waals surface area contributed by atoms with E-state index in [0.717, 1.165) is 36.2 Å². The fraction of sp³-hybridized carbons (Fsp3) is 0.636. The van der Waals surface area contributed by atoms with Gasteiger partial charge in [-0.25, -0.2) is 19.9 Å². The maximum absolute atomic E-state index is 6.48. The lowest BCUT2D eigenvalue weighted by molar-refractivity contribution is -0.163. The van der Waals surface area contributed by atoms with Crippen LogP contribution in [0.4, 0.5) is 5.82 Å². The molecule has 11 heteroatoms. The number of hydrogen-bond acceptors (Lipinski definition) is 9. The van der Waals surface area contributed by atoms with Crippen molar-refractivity contribution in [1.82, 2.24) is 34.4 Å². The molecule has 0 amide bonds. The number of fused-ring (bicyclic) bond motifs is 2. The number of aromatic amines is 1. The third-order valence-electron chi connectivity index (χ3n) is 9.36. The van der Waals surface area contributed by atoms with Gasteiger partial charge in [-0.15, -0.1) is 0 Å². The van der Waals surface area contributed by atoms with Crippen molar-refractivity contribution in [1.29, 1.82) is 0 Å². The van der Waals surface area contributed by atoms with Crippen molar-refractivity contribution in [2.24, 2.45) is 5.92 Å². The van der Waals surface area contributed by atoms with Gasteiger partial charge < -0.3 is 24.9 Å².